The summed E-state index contributed by atoms with van der Waals surface area (Å²) < 4.78 is 0. The number of phenols is 1. The first-order valence-corrected chi connectivity index (χ1v) is 9.37. The van der Waals surface area contributed by atoms with Gasteiger partial charge in [0, 0.05) is 35.2 Å². The van der Waals surface area contributed by atoms with Gasteiger partial charge >= 0.3 is 0 Å². The van der Waals surface area contributed by atoms with Gasteiger partial charge in [-0.1, -0.05) is 48.5 Å². The van der Waals surface area contributed by atoms with Crippen LogP contribution >= 0.6 is 0 Å². The lowest BCUT2D eigenvalue weighted by Gasteiger charge is -2.19. The molecule has 148 valence electrons. The second-order valence-corrected chi connectivity index (χ2v) is 6.88. The molecule has 0 radical (unpaired) electrons. The fourth-order valence-corrected chi connectivity index (χ4v) is 3.48. The van der Waals surface area contributed by atoms with Crippen molar-refractivity contribution >= 4 is 28.4 Å². The number of anilines is 1. The summed E-state index contributed by atoms with van der Waals surface area (Å²) in [5.74, 6) is 0.128. The van der Waals surface area contributed by atoms with E-state index in [1.165, 1.54) is 12.1 Å². The molecule has 0 aliphatic heterocycles. The Balaban J connectivity index is 1.86. The van der Waals surface area contributed by atoms with Gasteiger partial charge in [-0.25, -0.2) is 0 Å². The van der Waals surface area contributed by atoms with Crippen molar-refractivity contribution in [3.63, 3.8) is 0 Å². The molecule has 0 spiro atoms. The van der Waals surface area contributed by atoms with Crippen LogP contribution in [0.1, 0.15) is 22.7 Å². The number of nitrogens with two attached hydrogens (primary N) is 1. The van der Waals surface area contributed by atoms with E-state index >= 15 is 0 Å². The lowest BCUT2D eigenvalue weighted by Crippen LogP contribution is -2.04. The van der Waals surface area contributed by atoms with Gasteiger partial charge in [-0.15, -0.1) is 0 Å². The number of hydrogen-bond donors (Lipinski definition) is 2. The minimum absolute atomic E-state index is 0.0164. The van der Waals surface area contributed by atoms with Gasteiger partial charge in [0.1, 0.15) is 11.8 Å². The van der Waals surface area contributed by atoms with Crippen LogP contribution in [0.4, 0.5) is 11.4 Å². The molecule has 0 bridgehead atoms. The first kappa shape index (κ1) is 19.1. The van der Waals surface area contributed by atoms with E-state index in [2.05, 4.69) is 0 Å². The summed E-state index contributed by atoms with van der Waals surface area (Å²) in [6.45, 7) is 0. The predicted molar refractivity (Wildman–Crippen MR) is 119 cm³/mol. The van der Waals surface area contributed by atoms with Crippen molar-refractivity contribution in [1.82, 2.24) is 0 Å². The summed E-state index contributed by atoms with van der Waals surface area (Å²) in [4.78, 5) is 15.2. The molecule has 4 rings (SSSR count). The Morgan fingerprint density at radius 3 is 2.37 bits per heavy atom. The van der Waals surface area contributed by atoms with Crippen molar-refractivity contribution in [2.45, 2.75) is 6.04 Å². The first-order chi connectivity index (χ1) is 14.5. The maximum atomic E-state index is 10.9. The summed E-state index contributed by atoms with van der Waals surface area (Å²) in [6.07, 6.45) is 1.64. The molecule has 3 N–H and O–H groups in total. The van der Waals surface area contributed by atoms with Crippen LogP contribution in [0.2, 0.25) is 0 Å². The van der Waals surface area contributed by atoms with Crippen molar-refractivity contribution in [2.75, 3.05) is 5.73 Å². The molecule has 30 heavy (non-hydrogen) atoms. The van der Waals surface area contributed by atoms with Crippen molar-refractivity contribution in [2.24, 2.45) is 4.99 Å². The third-order valence-electron chi connectivity index (χ3n) is 4.99. The Morgan fingerprint density at radius 1 is 0.933 bits per heavy atom. The van der Waals surface area contributed by atoms with Crippen LogP contribution in [0, 0.1) is 10.1 Å². The molecule has 0 fully saturated rings. The van der Waals surface area contributed by atoms with E-state index in [1.54, 1.807) is 30.5 Å². The van der Waals surface area contributed by atoms with Gasteiger partial charge in [-0.05, 0) is 40.6 Å². The first-order valence-electron chi connectivity index (χ1n) is 9.37. The molecule has 1 atom stereocenters. The molecule has 4 aromatic carbocycles. The Morgan fingerprint density at radius 2 is 1.63 bits per heavy atom. The van der Waals surface area contributed by atoms with Crippen LogP contribution < -0.4 is 5.73 Å². The number of phenolic OH excluding ortho intramolecular Hbond substituents is 1. The van der Waals surface area contributed by atoms with Crippen molar-refractivity contribution in [3.05, 3.63) is 112 Å². The molecule has 0 heterocycles. The lowest BCUT2D eigenvalue weighted by molar-refractivity contribution is -0.384. The summed E-state index contributed by atoms with van der Waals surface area (Å²) in [6, 6.07) is 24.3. The molecule has 0 aliphatic rings. The highest BCUT2D eigenvalue weighted by Crippen LogP contribution is 2.39. The largest absolute Gasteiger partial charge is 0.508 e. The number of hydrogen-bond acceptors (Lipinski definition) is 5. The number of rotatable bonds is 5. The van der Waals surface area contributed by atoms with Crippen LogP contribution in [0.25, 0.3) is 10.8 Å². The zero-order valence-electron chi connectivity index (χ0n) is 16.0. The van der Waals surface area contributed by atoms with Crippen LogP contribution in [0.15, 0.2) is 89.9 Å². The molecule has 1 unspecified atom stereocenters. The van der Waals surface area contributed by atoms with E-state index in [0.29, 0.717) is 16.8 Å². The molecule has 0 saturated carbocycles. The smallest absolute Gasteiger partial charge is 0.269 e. The zero-order chi connectivity index (χ0) is 21.1. The van der Waals surface area contributed by atoms with Crippen LogP contribution in [0.3, 0.4) is 0 Å². The van der Waals surface area contributed by atoms with Gasteiger partial charge in [0.25, 0.3) is 5.69 Å². The third kappa shape index (κ3) is 3.71. The molecular formula is C24H19N3O3. The summed E-state index contributed by atoms with van der Waals surface area (Å²) in [5, 5.41) is 23.5. The standard InChI is InChI=1S/C24H19N3O3/c25-21-8-4-3-7-20(21)24(26-15-16-9-12-18(13-10-16)27(29)30)23-19-6-2-1-5-17(19)11-14-22(23)28/h1-15,24,28H,25H2. The number of nitrogen functional groups attached to an aromatic ring is 1. The van der Waals surface area contributed by atoms with Crippen LogP contribution in [-0.2, 0) is 0 Å². The number of aromatic hydroxyl groups is 1. The Hall–Kier alpha value is -4.19. The topological polar surface area (TPSA) is 102 Å². The van der Waals surface area contributed by atoms with Gasteiger partial charge in [0.05, 0.1) is 4.92 Å². The second-order valence-electron chi connectivity index (χ2n) is 6.88. The number of fused-ring (bicyclic) bond motifs is 1. The van der Waals surface area contributed by atoms with Crippen LogP contribution in [-0.4, -0.2) is 16.2 Å². The van der Waals surface area contributed by atoms with Gasteiger partial charge in [-0.2, -0.15) is 0 Å². The number of para-hydroxylation sites is 1. The fraction of sp³-hybridized carbons (Fsp3) is 0.0417. The summed E-state index contributed by atoms with van der Waals surface area (Å²) in [5.41, 5.74) is 8.96. The third-order valence-corrected chi connectivity index (χ3v) is 4.99. The normalized spacial score (nSPS) is 12.3. The lowest BCUT2D eigenvalue weighted by atomic mass is 9.92. The number of aliphatic imine (C=N–C) groups is 1. The van der Waals surface area contributed by atoms with Gasteiger partial charge in [-0.3, -0.25) is 15.1 Å². The number of non-ortho nitro benzene ring substituents is 1. The van der Waals surface area contributed by atoms with E-state index in [-0.39, 0.29) is 11.4 Å². The van der Waals surface area contributed by atoms with E-state index in [1.807, 2.05) is 48.5 Å². The maximum Gasteiger partial charge on any atom is 0.269 e. The zero-order valence-corrected chi connectivity index (χ0v) is 16.0. The molecule has 0 amide bonds. The number of nitrogens with zero attached hydrogens (tertiary/aromatic N) is 2. The van der Waals surface area contributed by atoms with Gasteiger partial charge in [0.15, 0.2) is 0 Å². The molecule has 0 saturated heterocycles. The molecule has 0 aromatic heterocycles. The minimum Gasteiger partial charge on any atom is -0.508 e. The van der Waals surface area contributed by atoms with Crippen molar-refractivity contribution in [3.8, 4) is 5.75 Å². The number of nitro benzene ring substituents is 1. The van der Waals surface area contributed by atoms with Crippen LogP contribution in [0.5, 0.6) is 5.75 Å². The highest BCUT2D eigenvalue weighted by atomic mass is 16.6. The molecule has 6 heteroatoms. The maximum absolute atomic E-state index is 10.9. The number of nitro groups is 1. The van der Waals surface area contributed by atoms with Gasteiger partial charge < -0.3 is 10.8 Å². The van der Waals surface area contributed by atoms with E-state index in [0.717, 1.165) is 16.3 Å². The second kappa shape index (κ2) is 8.05. The average Bonchev–Trinajstić information content (AvgIpc) is 2.76. The Labute approximate surface area is 173 Å². The SMILES string of the molecule is Nc1ccccc1C(N=Cc1ccc([N+](=O)[O-])cc1)c1c(O)ccc2ccccc12. The highest BCUT2D eigenvalue weighted by molar-refractivity contribution is 5.89. The Bertz CT molecular complexity index is 1250. The van der Waals surface area contributed by atoms with Crippen molar-refractivity contribution < 1.29 is 10.0 Å². The molecule has 0 aliphatic carbocycles. The number of benzene rings is 4. The summed E-state index contributed by atoms with van der Waals surface area (Å²) >= 11 is 0. The van der Waals surface area contributed by atoms with E-state index in [4.69, 9.17) is 10.7 Å². The van der Waals surface area contributed by atoms with E-state index in [9.17, 15) is 15.2 Å². The fourth-order valence-electron chi connectivity index (χ4n) is 3.48. The van der Waals surface area contributed by atoms with Crippen molar-refractivity contribution in [1.29, 1.82) is 0 Å². The minimum atomic E-state index is -0.549. The monoisotopic (exact) mass is 397 g/mol. The highest BCUT2D eigenvalue weighted by Gasteiger charge is 2.21. The average molecular weight is 397 g/mol. The molecule has 4 aromatic rings. The summed E-state index contributed by atoms with van der Waals surface area (Å²) in [7, 11) is 0. The molecular weight excluding hydrogens is 378 g/mol. The van der Waals surface area contributed by atoms with E-state index < -0.39 is 11.0 Å². The molecule has 6 nitrogen and oxygen atoms in total. The quantitative estimate of drug-likeness (QED) is 0.208. The van der Waals surface area contributed by atoms with Gasteiger partial charge in [0.2, 0.25) is 0 Å². The Kier molecular flexibility index (Phi) is 5.13. The predicted octanol–water partition coefficient (Wildman–Crippen LogP) is 5.24.